The molecule has 0 amide bonds. The molecule has 6 heteroatoms. The molecule has 2 saturated heterocycles. The summed E-state index contributed by atoms with van der Waals surface area (Å²) in [6.45, 7) is 6.58. The van der Waals surface area contributed by atoms with Crippen molar-refractivity contribution in [3.05, 3.63) is 53.5 Å². The Morgan fingerprint density at radius 2 is 2.00 bits per heavy atom. The molecule has 2 aromatic rings. The summed E-state index contributed by atoms with van der Waals surface area (Å²) < 4.78 is 16.5. The summed E-state index contributed by atoms with van der Waals surface area (Å²) in [5.41, 5.74) is 0.845. The Morgan fingerprint density at radius 3 is 2.66 bits per heavy atom. The van der Waals surface area contributed by atoms with Gasteiger partial charge in [0.05, 0.1) is 20.0 Å². The maximum Gasteiger partial charge on any atom is 0.321 e. The monoisotopic (exact) mass is 437 g/mol. The van der Waals surface area contributed by atoms with Crippen molar-refractivity contribution in [3.63, 3.8) is 0 Å². The molecule has 6 nitrogen and oxygen atoms in total. The first-order valence-electron chi connectivity index (χ1n) is 11.4. The highest BCUT2D eigenvalue weighted by atomic mass is 16.5. The fraction of sp³-hybridized carbons (Fsp3) is 0.538. The van der Waals surface area contributed by atoms with Crippen LogP contribution in [-0.2, 0) is 21.4 Å². The molecule has 4 bridgehead atoms. The highest BCUT2D eigenvalue weighted by Crippen LogP contribution is 2.68. The van der Waals surface area contributed by atoms with E-state index in [0.29, 0.717) is 12.8 Å². The van der Waals surface area contributed by atoms with Crippen LogP contribution in [0.4, 0.5) is 0 Å². The molecule has 0 N–H and O–H groups in total. The SMILES string of the molecule is CCOC(=O)C1(C(=O)c2ccco2)C[C@]2(C)C3Cc4cc(OC)ccc4[C@]2(C)CC1N3C. The Kier molecular flexibility index (Phi) is 4.61. The molecule has 32 heavy (non-hydrogen) atoms. The largest absolute Gasteiger partial charge is 0.497 e. The third-order valence-corrected chi connectivity index (χ3v) is 8.91. The number of nitrogens with zero attached hydrogens (tertiary/aromatic N) is 1. The van der Waals surface area contributed by atoms with Gasteiger partial charge >= 0.3 is 5.97 Å². The second-order valence-electron chi connectivity index (χ2n) is 10.1. The van der Waals surface area contributed by atoms with Crippen LogP contribution in [0.1, 0.15) is 55.3 Å². The number of carbonyl (C=O) groups excluding carboxylic acids is 2. The summed E-state index contributed by atoms with van der Waals surface area (Å²) >= 11 is 0. The number of hydrogen-bond acceptors (Lipinski definition) is 6. The van der Waals surface area contributed by atoms with Crippen molar-refractivity contribution in [2.45, 2.75) is 57.5 Å². The standard InChI is InChI=1S/C26H31NO5/c1-6-31-23(29)26(22(28)19-8-7-11-32-19)15-25(3)20-13-16-12-17(30-5)9-10-18(16)24(25,2)14-21(26)27(20)4/h7-12,20-21H,6,13-15H2,1-5H3/t20?,21?,24-,25+,26?/m0/s1. The normalized spacial score (nSPS) is 35.3. The summed E-state index contributed by atoms with van der Waals surface area (Å²) in [5, 5.41) is 0. The first-order valence-corrected chi connectivity index (χ1v) is 11.4. The molecule has 3 heterocycles. The summed E-state index contributed by atoms with van der Waals surface area (Å²) in [4.78, 5) is 29.7. The van der Waals surface area contributed by atoms with Gasteiger partial charge in [-0.3, -0.25) is 14.5 Å². The molecule has 5 atom stereocenters. The third-order valence-electron chi connectivity index (χ3n) is 8.91. The molecule has 2 aliphatic heterocycles. The molecule has 1 aromatic heterocycles. The second kappa shape index (κ2) is 6.95. The first kappa shape index (κ1) is 21.3. The molecule has 1 aromatic carbocycles. The van der Waals surface area contributed by atoms with Gasteiger partial charge in [0.1, 0.15) is 11.2 Å². The molecule has 1 saturated carbocycles. The molecule has 3 fully saturated rings. The summed E-state index contributed by atoms with van der Waals surface area (Å²) in [5.74, 6) is 0.391. The average molecular weight is 438 g/mol. The van der Waals surface area contributed by atoms with Crippen LogP contribution in [0.15, 0.2) is 41.0 Å². The third kappa shape index (κ3) is 2.44. The van der Waals surface area contributed by atoms with Crippen molar-refractivity contribution >= 4 is 11.8 Å². The summed E-state index contributed by atoms with van der Waals surface area (Å²) in [7, 11) is 3.75. The van der Waals surface area contributed by atoms with Crippen molar-refractivity contribution in [2.24, 2.45) is 10.8 Å². The average Bonchev–Trinajstić information content (AvgIpc) is 3.31. The molecule has 0 spiro atoms. The Balaban J connectivity index is 1.68. The fourth-order valence-electron chi connectivity index (χ4n) is 7.15. The zero-order valence-corrected chi connectivity index (χ0v) is 19.4. The minimum absolute atomic E-state index is 0.172. The molecule has 0 radical (unpaired) electrons. The molecule has 170 valence electrons. The predicted octanol–water partition coefficient (Wildman–Crippen LogP) is 4.02. The van der Waals surface area contributed by atoms with E-state index in [-0.39, 0.29) is 41.1 Å². The Hall–Kier alpha value is -2.60. The van der Waals surface area contributed by atoms with Gasteiger partial charge in [-0.15, -0.1) is 0 Å². The molecular weight excluding hydrogens is 406 g/mol. The number of methoxy groups -OCH3 is 1. The predicted molar refractivity (Wildman–Crippen MR) is 119 cm³/mol. The highest BCUT2D eigenvalue weighted by molar-refractivity contribution is 6.12. The van der Waals surface area contributed by atoms with Crippen molar-refractivity contribution in [3.8, 4) is 5.75 Å². The number of Topliss-reactive ketones (excluding diaryl/α,β-unsaturated/α-hetero) is 1. The fourth-order valence-corrected chi connectivity index (χ4v) is 7.15. The first-order chi connectivity index (χ1) is 15.2. The van der Waals surface area contributed by atoms with Gasteiger partial charge in [-0.25, -0.2) is 0 Å². The second-order valence-corrected chi connectivity index (χ2v) is 10.1. The Bertz CT molecular complexity index is 1080. The topological polar surface area (TPSA) is 69.0 Å². The number of esters is 1. The number of rotatable bonds is 5. The van der Waals surface area contributed by atoms with Gasteiger partial charge in [0.2, 0.25) is 5.78 Å². The Morgan fingerprint density at radius 1 is 1.22 bits per heavy atom. The number of carbonyl (C=O) groups is 2. The van der Waals surface area contributed by atoms with Gasteiger partial charge < -0.3 is 13.9 Å². The van der Waals surface area contributed by atoms with E-state index in [1.54, 1.807) is 26.2 Å². The maximum absolute atomic E-state index is 13.9. The number of ether oxygens (including phenoxy) is 2. The number of piperidine rings is 2. The van der Waals surface area contributed by atoms with E-state index in [1.165, 1.54) is 17.4 Å². The van der Waals surface area contributed by atoms with E-state index < -0.39 is 11.4 Å². The van der Waals surface area contributed by atoms with E-state index in [9.17, 15) is 9.59 Å². The smallest absolute Gasteiger partial charge is 0.321 e. The van der Waals surface area contributed by atoms with Crippen LogP contribution in [0.25, 0.3) is 0 Å². The van der Waals surface area contributed by atoms with E-state index in [2.05, 4.69) is 37.9 Å². The number of hydrogen-bond donors (Lipinski definition) is 0. The van der Waals surface area contributed by atoms with Gasteiger partial charge in [0, 0.05) is 17.5 Å². The zero-order valence-electron chi connectivity index (χ0n) is 19.4. The van der Waals surface area contributed by atoms with Crippen LogP contribution < -0.4 is 4.74 Å². The van der Waals surface area contributed by atoms with Gasteiger partial charge in [0.25, 0.3) is 0 Å². The quantitative estimate of drug-likeness (QED) is 0.400. The minimum Gasteiger partial charge on any atom is -0.497 e. The minimum atomic E-state index is -1.28. The lowest BCUT2D eigenvalue weighted by molar-refractivity contribution is -0.196. The van der Waals surface area contributed by atoms with E-state index in [0.717, 1.165) is 12.2 Å². The van der Waals surface area contributed by atoms with Crippen LogP contribution in [0.3, 0.4) is 0 Å². The van der Waals surface area contributed by atoms with Crippen molar-refractivity contribution in [1.82, 2.24) is 4.90 Å². The summed E-state index contributed by atoms with van der Waals surface area (Å²) in [6, 6.07) is 9.62. The van der Waals surface area contributed by atoms with Crippen LogP contribution in [0, 0.1) is 10.8 Å². The van der Waals surface area contributed by atoms with Crippen LogP contribution >= 0.6 is 0 Å². The van der Waals surface area contributed by atoms with Crippen LogP contribution in [-0.4, -0.2) is 49.5 Å². The molecule has 3 unspecified atom stereocenters. The number of likely N-dealkylation sites (N-methyl/N-ethyl adjacent to an activating group) is 1. The highest BCUT2D eigenvalue weighted by Gasteiger charge is 2.74. The number of fused-ring (bicyclic) bond motifs is 2. The van der Waals surface area contributed by atoms with Crippen LogP contribution in [0.2, 0.25) is 0 Å². The number of benzene rings is 1. The van der Waals surface area contributed by atoms with Crippen molar-refractivity contribution in [2.75, 3.05) is 20.8 Å². The molecule has 4 aliphatic rings. The van der Waals surface area contributed by atoms with E-state index in [1.807, 2.05) is 6.07 Å². The van der Waals surface area contributed by atoms with Gasteiger partial charge in [0.15, 0.2) is 5.76 Å². The number of furan rings is 1. The van der Waals surface area contributed by atoms with Gasteiger partial charge in [-0.1, -0.05) is 19.9 Å². The lowest BCUT2D eigenvalue weighted by atomic mass is 9.39. The Labute approximate surface area is 188 Å². The zero-order chi connectivity index (χ0) is 22.9. The van der Waals surface area contributed by atoms with Crippen LogP contribution in [0.5, 0.6) is 5.75 Å². The molecule has 6 rings (SSSR count). The van der Waals surface area contributed by atoms with Gasteiger partial charge in [-0.05, 0) is 74.0 Å². The summed E-state index contributed by atoms with van der Waals surface area (Å²) in [6.07, 6.45) is 3.48. The van der Waals surface area contributed by atoms with E-state index in [4.69, 9.17) is 13.9 Å². The maximum atomic E-state index is 13.9. The lowest BCUT2D eigenvalue weighted by Gasteiger charge is -2.71. The number of ketones is 1. The van der Waals surface area contributed by atoms with Crippen molar-refractivity contribution < 1.29 is 23.5 Å². The van der Waals surface area contributed by atoms with Gasteiger partial charge in [-0.2, -0.15) is 0 Å². The molecular formula is C26H31NO5. The lowest BCUT2D eigenvalue weighted by Crippen LogP contribution is -2.78. The molecule has 2 aliphatic carbocycles. The van der Waals surface area contributed by atoms with E-state index >= 15 is 0 Å². The van der Waals surface area contributed by atoms with Crippen molar-refractivity contribution in [1.29, 1.82) is 0 Å².